The molecule has 0 unspecified atom stereocenters. The second-order valence-electron chi connectivity index (χ2n) is 12.4. The molecule has 0 saturated heterocycles. The van der Waals surface area contributed by atoms with Gasteiger partial charge in [-0.2, -0.15) is 8.78 Å². The van der Waals surface area contributed by atoms with Crippen molar-refractivity contribution in [1.29, 1.82) is 0 Å². The first kappa shape index (κ1) is 37.7. The number of carbonyl (C=O) groups is 3. The Bertz CT molecular complexity index is 2360. The average Bonchev–Trinajstić information content (AvgIpc) is 3.61. The summed E-state index contributed by atoms with van der Waals surface area (Å²) in [5.41, 5.74) is 0.997. The fourth-order valence-corrected chi connectivity index (χ4v) is 5.70. The summed E-state index contributed by atoms with van der Waals surface area (Å²) >= 11 is 0. The zero-order valence-electron chi connectivity index (χ0n) is 29.0. The molecule has 2 aromatic heterocycles. The third kappa shape index (κ3) is 7.56. The van der Waals surface area contributed by atoms with E-state index < -0.39 is 66.5 Å². The van der Waals surface area contributed by atoms with Crippen molar-refractivity contribution in [2.75, 3.05) is 47.6 Å². The Hall–Kier alpha value is -6.01. The van der Waals surface area contributed by atoms with E-state index in [9.17, 15) is 41.8 Å². The lowest BCUT2D eigenvalue weighted by atomic mass is 10.0. The summed E-state index contributed by atoms with van der Waals surface area (Å²) in [5.74, 6) is -10.3. The highest BCUT2D eigenvalue weighted by atomic mass is 19.2. The number of fused-ring (bicyclic) bond motifs is 6. The first-order chi connectivity index (χ1) is 25.8. The van der Waals surface area contributed by atoms with Gasteiger partial charge in [0.15, 0.2) is 23.1 Å². The average molecular weight is 757 g/mol. The van der Waals surface area contributed by atoms with Crippen molar-refractivity contribution in [2.45, 2.75) is 26.0 Å². The van der Waals surface area contributed by atoms with Crippen LogP contribution in [-0.2, 0) is 27.5 Å². The highest BCUT2D eigenvalue weighted by molar-refractivity contribution is 6.15. The van der Waals surface area contributed by atoms with E-state index in [-0.39, 0.29) is 48.3 Å². The van der Waals surface area contributed by atoms with Crippen molar-refractivity contribution in [2.24, 2.45) is 0 Å². The lowest BCUT2D eigenvalue weighted by molar-refractivity contribution is -0.147. The Kier molecular flexibility index (Phi) is 10.9. The Morgan fingerprint density at radius 3 is 2.22 bits per heavy atom. The predicted octanol–water partition coefficient (Wildman–Crippen LogP) is 4.40. The second kappa shape index (κ2) is 15.5. The van der Waals surface area contributed by atoms with E-state index in [2.05, 4.69) is 9.72 Å². The van der Waals surface area contributed by atoms with Gasteiger partial charge in [-0.05, 0) is 37.7 Å². The summed E-state index contributed by atoms with van der Waals surface area (Å²) in [6.07, 6.45) is -0.665. The summed E-state index contributed by atoms with van der Waals surface area (Å²) in [6, 6.07) is 6.39. The van der Waals surface area contributed by atoms with Crippen molar-refractivity contribution in [3.63, 3.8) is 0 Å². The number of aliphatic hydroxyl groups is 1. The number of benzene rings is 3. The number of aromatic nitrogens is 2. The van der Waals surface area contributed by atoms with Crippen LogP contribution in [0.2, 0.25) is 0 Å². The highest BCUT2D eigenvalue weighted by Gasteiger charge is 2.25. The van der Waals surface area contributed by atoms with Gasteiger partial charge >= 0.3 is 18.0 Å². The fourth-order valence-electron chi connectivity index (χ4n) is 5.70. The minimum Gasteiger partial charge on any atom is -0.464 e. The van der Waals surface area contributed by atoms with Crippen LogP contribution in [0, 0.1) is 23.3 Å². The van der Waals surface area contributed by atoms with E-state index in [4.69, 9.17) is 18.9 Å². The number of pyridine rings is 2. The number of nitrogens with zero attached hydrogens (tertiary/aromatic N) is 4. The maximum absolute atomic E-state index is 14.2. The van der Waals surface area contributed by atoms with E-state index in [1.807, 2.05) is 19.0 Å². The zero-order chi connectivity index (χ0) is 38.8. The summed E-state index contributed by atoms with van der Waals surface area (Å²) in [5, 5.41) is 12.2. The van der Waals surface area contributed by atoms with Gasteiger partial charge in [0, 0.05) is 54.8 Å². The quantitative estimate of drug-likeness (QED) is 0.0630. The minimum atomic E-state index is -1.92. The molecule has 3 heterocycles. The van der Waals surface area contributed by atoms with Crippen LogP contribution in [0.25, 0.3) is 32.6 Å². The fraction of sp³-hybridized carbons (Fsp3) is 0.306. The van der Waals surface area contributed by atoms with Crippen LogP contribution >= 0.6 is 0 Å². The lowest BCUT2D eigenvalue weighted by Crippen LogP contribution is -2.33. The molecule has 0 spiro atoms. The van der Waals surface area contributed by atoms with Crippen molar-refractivity contribution in [1.82, 2.24) is 19.4 Å². The first-order valence-electron chi connectivity index (χ1n) is 16.4. The largest absolute Gasteiger partial charge is 0.464 e. The number of carbonyl (C=O) groups excluding carboxylic acids is 3. The molecule has 0 saturated carbocycles. The molecule has 0 aliphatic carbocycles. The number of aliphatic hydroxyl groups excluding tert-OH is 1. The molecule has 6 rings (SSSR count). The monoisotopic (exact) mass is 756 g/mol. The molecule has 284 valence electrons. The third-order valence-corrected chi connectivity index (χ3v) is 8.53. The normalized spacial score (nSPS) is 12.2. The Balaban J connectivity index is 1.15. The van der Waals surface area contributed by atoms with Gasteiger partial charge in [0.25, 0.3) is 5.56 Å². The molecule has 18 heteroatoms. The van der Waals surface area contributed by atoms with Gasteiger partial charge < -0.3 is 43.2 Å². The summed E-state index contributed by atoms with van der Waals surface area (Å²) in [4.78, 5) is 58.9. The smallest absolute Gasteiger partial charge is 0.415 e. The van der Waals surface area contributed by atoms with Gasteiger partial charge in [-0.25, -0.2) is 13.6 Å². The van der Waals surface area contributed by atoms with Gasteiger partial charge in [0.05, 0.1) is 42.4 Å². The van der Waals surface area contributed by atoms with E-state index in [1.165, 1.54) is 13.1 Å². The molecule has 0 fully saturated rings. The standard InChI is InChI=1S/C36H32F4N4O10/c1-42(2)6-7-44-33-21-12-27-28(52-17-51-27)14-25(21)41-15-22(33)19-10-18(16-45)26(11-20(19)35(44)48)53-36(49)43(3)8-9-50-29(46)4-5-30(47)54-34-31(39)23(37)13-24(38)32(34)40/h10-15,45H,4-9,16-17H2,1-3H3. The predicted molar refractivity (Wildman–Crippen MR) is 182 cm³/mol. The maximum Gasteiger partial charge on any atom is 0.415 e. The van der Waals surface area contributed by atoms with Gasteiger partial charge in [0.1, 0.15) is 12.4 Å². The number of ether oxygens (including phenoxy) is 5. The molecule has 1 aliphatic rings. The minimum absolute atomic E-state index is 0.0535. The molecular weight excluding hydrogens is 724 g/mol. The summed E-state index contributed by atoms with van der Waals surface area (Å²) in [6.45, 7) is -0.252. The van der Waals surface area contributed by atoms with Crippen molar-refractivity contribution < 1.29 is 60.7 Å². The molecule has 0 atom stereocenters. The first-order valence-corrected chi connectivity index (χ1v) is 16.4. The number of rotatable bonds is 12. The Morgan fingerprint density at radius 1 is 0.852 bits per heavy atom. The van der Waals surface area contributed by atoms with Gasteiger partial charge in [0.2, 0.25) is 24.2 Å². The van der Waals surface area contributed by atoms with E-state index >= 15 is 0 Å². The van der Waals surface area contributed by atoms with Crippen LogP contribution in [0.3, 0.4) is 0 Å². The number of hydrogen-bond donors (Lipinski definition) is 1. The maximum atomic E-state index is 14.2. The lowest BCUT2D eigenvalue weighted by Gasteiger charge is -2.20. The van der Waals surface area contributed by atoms with Crippen LogP contribution in [0.1, 0.15) is 18.4 Å². The second-order valence-corrected chi connectivity index (χ2v) is 12.4. The molecule has 1 N–H and O–H groups in total. The van der Waals surface area contributed by atoms with E-state index in [1.54, 1.807) is 29.0 Å². The number of amides is 1. The van der Waals surface area contributed by atoms with Crippen LogP contribution < -0.4 is 24.5 Å². The molecular formula is C36H32F4N4O10. The molecule has 14 nitrogen and oxygen atoms in total. The SMILES string of the molecule is CN(C)CCn1c(=O)c2cc(OC(=O)N(C)CCOC(=O)CCC(=O)Oc3c(F)c(F)cc(F)c3F)c(CO)cc2c2cnc3cc4c(cc3c21)OCO4. The molecule has 1 aliphatic heterocycles. The third-order valence-electron chi connectivity index (χ3n) is 8.53. The van der Waals surface area contributed by atoms with Crippen molar-refractivity contribution in [3.05, 3.63) is 75.7 Å². The van der Waals surface area contributed by atoms with Gasteiger partial charge in [-0.1, -0.05) is 0 Å². The highest BCUT2D eigenvalue weighted by Crippen LogP contribution is 2.39. The molecule has 1 amide bonds. The Morgan fingerprint density at radius 2 is 1.54 bits per heavy atom. The molecule has 5 aromatic rings. The van der Waals surface area contributed by atoms with Crippen LogP contribution in [0.4, 0.5) is 22.4 Å². The van der Waals surface area contributed by atoms with E-state index in [0.717, 1.165) is 4.90 Å². The summed E-state index contributed by atoms with van der Waals surface area (Å²) in [7, 11) is 5.08. The van der Waals surface area contributed by atoms with Crippen LogP contribution in [-0.4, -0.2) is 90.1 Å². The van der Waals surface area contributed by atoms with Gasteiger partial charge in [-0.15, -0.1) is 0 Å². The molecule has 54 heavy (non-hydrogen) atoms. The topological polar surface area (TPSA) is 159 Å². The van der Waals surface area contributed by atoms with Crippen molar-refractivity contribution in [3.8, 4) is 23.0 Å². The zero-order valence-corrected chi connectivity index (χ0v) is 29.0. The van der Waals surface area contributed by atoms with Gasteiger partial charge in [-0.3, -0.25) is 19.4 Å². The number of esters is 2. The van der Waals surface area contributed by atoms with Crippen molar-refractivity contribution >= 4 is 50.6 Å². The number of halogens is 4. The van der Waals surface area contributed by atoms with E-state index in [0.29, 0.717) is 51.8 Å². The number of hydrogen-bond acceptors (Lipinski definition) is 12. The Labute approximate surface area is 302 Å². The number of likely N-dealkylation sites (N-methyl/N-ethyl adjacent to an activating group) is 2. The van der Waals surface area contributed by atoms with Crippen LogP contribution in [0.5, 0.6) is 23.0 Å². The molecule has 0 bridgehead atoms. The molecule has 3 aromatic carbocycles. The van der Waals surface area contributed by atoms with Crippen LogP contribution in [0.15, 0.2) is 41.3 Å². The molecule has 0 radical (unpaired) electrons. The summed E-state index contributed by atoms with van der Waals surface area (Å²) < 4.78 is 81.8.